The van der Waals surface area contributed by atoms with E-state index in [0.29, 0.717) is 13.1 Å². The molecule has 8 nitrogen and oxygen atoms in total. The van der Waals surface area contributed by atoms with E-state index in [1.165, 1.54) is 22.5 Å². The third-order valence-corrected chi connectivity index (χ3v) is 6.53. The normalized spacial score (nSPS) is 15.6. The van der Waals surface area contributed by atoms with Crippen LogP contribution in [0.5, 0.6) is 5.75 Å². The van der Waals surface area contributed by atoms with Gasteiger partial charge in [0.2, 0.25) is 10.0 Å². The molecule has 4 rings (SSSR count). The van der Waals surface area contributed by atoms with Crippen LogP contribution < -0.4 is 10.5 Å². The van der Waals surface area contributed by atoms with Crippen LogP contribution in [0.25, 0.3) is 11.1 Å². The van der Waals surface area contributed by atoms with E-state index in [1.54, 1.807) is 30.3 Å². The van der Waals surface area contributed by atoms with E-state index in [2.05, 4.69) is 0 Å². The number of carbonyl (C=O) groups excluding carboxylic acids is 1. The van der Waals surface area contributed by atoms with Gasteiger partial charge in [-0.05, 0) is 37.1 Å². The van der Waals surface area contributed by atoms with Crippen LogP contribution in [0, 0.1) is 0 Å². The van der Waals surface area contributed by atoms with E-state index in [4.69, 9.17) is 9.15 Å². The molecular formula is C19H18N2O6S. The quantitative estimate of drug-likeness (QED) is 0.668. The topological polar surface area (TPSA) is 98.8 Å². The lowest BCUT2D eigenvalue weighted by Crippen LogP contribution is -2.35. The second-order valence-corrected chi connectivity index (χ2v) is 8.42. The van der Waals surface area contributed by atoms with E-state index in [0.717, 1.165) is 23.8 Å². The van der Waals surface area contributed by atoms with Gasteiger partial charge in [0, 0.05) is 19.2 Å². The van der Waals surface area contributed by atoms with Crippen LogP contribution in [0.4, 0.5) is 4.79 Å². The SMILES string of the molecule is O=C(Oc1ccccc1)n1c(=O)oc2cc(S(=O)(=O)N3CCCCC3)ccc21. The van der Waals surface area contributed by atoms with Crippen molar-refractivity contribution in [1.29, 1.82) is 0 Å². The number of oxazole rings is 1. The molecule has 28 heavy (non-hydrogen) atoms. The molecule has 0 N–H and O–H groups in total. The summed E-state index contributed by atoms with van der Waals surface area (Å²) in [5, 5.41) is 0. The van der Waals surface area contributed by atoms with Crippen LogP contribution in [0.15, 0.2) is 62.6 Å². The molecule has 0 bridgehead atoms. The van der Waals surface area contributed by atoms with Gasteiger partial charge in [-0.25, -0.2) is 18.0 Å². The highest BCUT2D eigenvalue weighted by Gasteiger charge is 2.27. The Morgan fingerprint density at radius 1 is 1.00 bits per heavy atom. The number of piperidine rings is 1. The van der Waals surface area contributed by atoms with Crippen molar-refractivity contribution in [2.75, 3.05) is 13.1 Å². The highest BCUT2D eigenvalue weighted by Crippen LogP contribution is 2.24. The lowest BCUT2D eigenvalue weighted by molar-refractivity contribution is 0.201. The number of rotatable bonds is 3. The Bertz CT molecular complexity index is 1170. The minimum atomic E-state index is -3.68. The third kappa shape index (κ3) is 3.34. The van der Waals surface area contributed by atoms with Gasteiger partial charge in [-0.1, -0.05) is 24.6 Å². The van der Waals surface area contributed by atoms with Crippen molar-refractivity contribution in [1.82, 2.24) is 8.87 Å². The van der Waals surface area contributed by atoms with Crippen LogP contribution in [0.1, 0.15) is 19.3 Å². The van der Waals surface area contributed by atoms with E-state index in [-0.39, 0.29) is 21.7 Å². The van der Waals surface area contributed by atoms with Crippen LogP contribution in [0.2, 0.25) is 0 Å². The molecular weight excluding hydrogens is 384 g/mol. The first-order valence-electron chi connectivity index (χ1n) is 8.90. The molecule has 2 heterocycles. The summed E-state index contributed by atoms with van der Waals surface area (Å²) < 4.78 is 38.1. The predicted octanol–water partition coefficient (Wildman–Crippen LogP) is 2.82. The Hall–Kier alpha value is -2.91. The molecule has 0 atom stereocenters. The van der Waals surface area contributed by atoms with Gasteiger partial charge in [0.1, 0.15) is 11.3 Å². The highest BCUT2D eigenvalue weighted by molar-refractivity contribution is 7.89. The number of nitrogens with zero attached hydrogens (tertiary/aromatic N) is 2. The molecule has 0 aliphatic carbocycles. The fraction of sp³-hybridized carbons (Fsp3) is 0.263. The number of carbonyl (C=O) groups is 1. The maximum absolute atomic E-state index is 12.8. The molecule has 1 fully saturated rings. The smallest absolute Gasteiger partial charge is 0.410 e. The van der Waals surface area contributed by atoms with Crippen molar-refractivity contribution in [3.05, 3.63) is 59.1 Å². The van der Waals surface area contributed by atoms with Gasteiger partial charge in [0.25, 0.3) is 0 Å². The van der Waals surface area contributed by atoms with E-state index < -0.39 is 21.9 Å². The summed E-state index contributed by atoms with van der Waals surface area (Å²) in [5.41, 5.74) is 0.150. The Kier molecular flexibility index (Phi) is 4.78. The van der Waals surface area contributed by atoms with E-state index in [9.17, 15) is 18.0 Å². The molecule has 1 saturated heterocycles. The van der Waals surface area contributed by atoms with Crippen molar-refractivity contribution in [2.45, 2.75) is 24.2 Å². The average Bonchev–Trinajstić information content (AvgIpc) is 3.04. The number of fused-ring (bicyclic) bond motifs is 1. The fourth-order valence-corrected chi connectivity index (χ4v) is 4.75. The fourth-order valence-electron chi connectivity index (χ4n) is 3.22. The molecule has 0 saturated carbocycles. The minimum absolute atomic E-state index is 0.00750. The van der Waals surface area contributed by atoms with Crippen LogP contribution >= 0.6 is 0 Å². The number of ether oxygens (including phenoxy) is 1. The predicted molar refractivity (Wildman–Crippen MR) is 101 cm³/mol. The van der Waals surface area contributed by atoms with Gasteiger partial charge in [-0.2, -0.15) is 8.87 Å². The molecule has 1 aliphatic rings. The Morgan fingerprint density at radius 3 is 2.43 bits per heavy atom. The van der Waals surface area contributed by atoms with Gasteiger partial charge in [-0.15, -0.1) is 0 Å². The number of aromatic nitrogens is 1. The van der Waals surface area contributed by atoms with Gasteiger partial charge in [0.05, 0.1) is 4.90 Å². The molecule has 3 aromatic rings. The summed E-state index contributed by atoms with van der Waals surface area (Å²) in [7, 11) is -3.68. The van der Waals surface area contributed by atoms with Gasteiger partial charge in [0.15, 0.2) is 5.58 Å². The lowest BCUT2D eigenvalue weighted by atomic mass is 10.2. The second kappa shape index (κ2) is 7.25. The van der Waals surface area contributed by atoms with Crippen LogP contribution in [-0.2, 0) is 10.0 Å². The number of benzene rings is 2. The summed E-state index contributed by atoms with van der Waals surface area (Å²) in [6, 6.07) is 12.3. The Labute approximate surface area is 161 Å². The molecule has 1 aliphatic heterocycles. The Balaban J connectivity index is 1.69. The number of hydrogen-bond acceptors (Lipinski definition) is 6. The first-order valence-corrected chi connectivity index (χ1v) is 10.3. The third-order valence-electron chi connectivity index (χ3n) is 4.64. The zero-order chi connectivity index (χ0) is 19.7. The first-order chi connectivity index (χ1) is 13.5. The maximum atomic E-state index is 12.8. The van der Waals surface area contributed by atoms with Gasteiger partial charge in [-0.3, -0.25) is 0 Å². The highest BCUT2D eigenvalue weighted by atomic mass is 32.2. The zero-order valence-corrected chi connectivity index (χ0v) is 15.7. The van der Waals surface area contributed by atoms with Gasteiger partial charge < -0.3 is 9.15 Å². The molecule has 146 valence electrons. The number of sulfonamides is 1. The maximum Gasteiger partial charge on any atom is 0.429 e. The van der Waals surface area contributed by atoms with Gasteiger partial charge >= 0.3 is 11.8 Å². The van der Waals surface area contributed by atoms with Crippen LogP contribution in [-0.4, -0.2) is 36.5 Å². The molecule has 0 amide bonds. The summed E-state index contributed by atoms with van der Waals surface area (Å²) in [4.78, 5) is 24.6. The van der Waals surface area contributed by atoms with Crippen molar-refractivity contribution in [2.24, 2.45) is 0 Å². The van der Waals surface area contributed by atoms with Crippen molar-refractivity contribution in [3.63, 3.8) is 0 Å². The molecule has 1 aromatic heterocycles. The summed E-state index contributed by atoms with van der Waals surface area (Å²) in [6.07, 6.45) is 1.71. The molecule has 0 radical (unpaired) electrons. The molecule has 9 heteroatoms. The van der Waals surface area contributed by atoms with E-state index in [1.807, 2.05) is 0 Å². The average molecular weight is 402 g/mol. The minimum Gasteiger partial charge on any atom is -0.410 e. The zero-order valence-electron chi connectivity index (χ0n) is 14.9. The monoisotopic (exact) mass is 402 g/mol. The summed E-state index contributed by atoms with van der Waals surface area (Å²) in [6.45, 7) is 0.934. The van der Waals surface area contributed by atoms with E-state index >= 15 is 0 Å². The largest absolute Gasteiger partial charge is 0.429 e. The number of hydrogen-bond donors (Lipinski definition) is 0. The lowest BCUT2D eigenvalue weighted by Gasteiger charge is -2.25. The second-order valence-electron chi connectivity index (χ2n) is 6.48. The Morgan fingerprint density at radius 2 is 1.71 bits per heavy atom. The van der Waals surface area contributed by atoms with Crippen LogP contribution in [0.3, 0.4) is 0 Å². The van der Waals surface area contributed by atoms with Crippen molar-refractivity contribution in [3.8, 4) is 5.75 Å². The molecule has 0 spiro atoms. The van der Waals surface area contributed by atoms with Crippen molar-refractivity contribution >= 4 is 27.2 Å². The summed E-state index contributed by atoms with van der Waals surface area (Å²) in [5.74, 6) is -0.665. The molecule has 0 unspecified atom stereocenters. The molecule has 2 aromatic carbocycles. The van der Waals surface area contributed by atoms with Crippen molar-refractivity contribution < 1.29 is 22.4 Å². The number of para-hydroxylation sites is 1. The first kappa shape index (κ1) is 18.5. The summed E-state index contributed by atoms with van der Waals surface area (Å²) >= 11 is 0. The standard InChI is InChI=1S/C19H18N2O6S/c22-18(26-14-7-3-1-4-8-14)21-16-10-9-15(13-17(16)27-19(21)23)28(24,25)20-11-5-2-6-12-20/h1,3-4,7-10,13H,2,5-6,11-12H2.